The highest BCUT2D eigenvalue weighted by Gasteiger charge is 2.34. The average Bonchev–Trinajstić information content (AvgIpc) is 2.98. The largest absolute Gasteiger partial charge is 0.462 e. The number of carbonyl (C=O) groups excluding carboxylic acids is 2. The number of hydrogen-bond acceptors (Lipinski definition) is 5. The molecule has 0 aliphatic carbocycles. The number of benzene rings is 1. The zero-order valence-corrected chi connectivity index (χ0v) is 20.1. The molecule has 1 saturated heterocycles. The number of piperidine rings is 1. The molecule has 1 aromatic heterocycles. The molecule has 2 aromatic rings. The third kappa shape index (κ3) is 4.67. The summed E-state index contributed by atoms with van der Waals surface area (Å²) in [4.78, 5) is 27.1. The van der Waals surface area contributed by atoms with Crippen molar-refractivity contribution in [3.8, 4) is 0 Å². The van der Waals surface area contributed by atoms with Crippen molar-refractivity contribution < 1.29 is 22.7 Å². The van der Waals surface area contributed by atoms with Crippen LogP contribution in [0.25, 0.3) is 0 Å². The molecule has 1 fully saturated rings. The summed E-state index contributed by atoms with van der Waals surface area (Å²) in [5.41, 5.74) is 1.75. The molecule has 8 nitrogen and oxygen atoms in total. The quantitative estimate of drug-likeness (QED) is 0.664. The lowest BCUT2D eigenvalue weighted by atomic mass is 9.98. The van der Waals surface area contributed by atoms with Crippen LogP contribution in [0.1, 0.15) is 58.8 Å². The number of amides is 1. The number of ether oxygens (including phenoxy) is 1. The number of rotatable bonds is 6. The molecule has 1 aliphatic rings. The number of esters is 1. The lowest BCUT2D eigenvalue weighted by molar-refractivity contribution is 0.0526. The van der Waals surface area contributed by atoms with E-state index < -0.39 is 16.0 Å². The van der Waals surface area contributed by atoms with Crippen LogP contribution in [0.15, 0.2) is 29.2 Å². The molecule has 2 heterocycles. The van der Waals surface area contributed by atoms with Crippen LogP contribution in [0, 0.1) is 19.8 Å². The number of hydrogen-bond donors (Lipinski definition) is 1. The standard InChI is InChI=1S/C23H31N3O5S/c1-6-31-23(28)18-8-7-9-19(14-18)24-32(29,30)21-17(4)25(5)16(3)20(21)22(27)26-12-10-15(2)11-13-26/h7-9,14-15,24H,6,10-13H2,1-5H3. The second kappa shape index (κ2) is 9.36. The Morgan fingerprint density at radius 3 is 2.44 bits per heavy atom. The Morgan fingerprint density at radius 1 is 1.16 bits per heavy atom. The van der Waals surface area contributed by atoms with Gasteiger partial charge in [-0.15, -0.1) is 0 Å². The summed E-state index contributed by atoms with van der Waals surface area (Å²) in [7, 11) is -2.35. The second-order valence-corrected chi connectivity index (χ2v) is 9.93. The van der Waals surface area contributed by atoms with Crippen LogP contribution in [0.4, 0.5) is 5.69 Å². The second-order valence-electron chi connectivity index (χ2n) is 8.32. The Bertz CT molecular complexity index is 1130. The van der Waals surface area contributed by atoms with Gasteiger partial charge in [0, 0.05) is 37.2 Å². The van der Waals surface area contributed by atoms with Crippen molar-refractivity contribution in [1.29, 1.82) is 0 Å². The molecule has 0 atom stereocenters. The van der Waals surface area contributed by atoms with E-state index in [1.807, 2.05) is 0 Å². The van der Waals surface area contributed by atoms with E-state index in [0.717, 1.165) is 12.8 Å². The molecule has 1 aromatic carbocycles. The zero-order chi connectivity index (χ0) is 23.6. The van der Waals surface area contributed by atoms with Gasteiger partial charge in [0.25, 0.3) is 15.9 Å². The van der Waals surface area contributed by atoms with Crippen LogP contribution in [0.5, 0.6) is 0 Å². The Hall–Kier alpha value is -2.81. The van der Waals surface area contributed by atoms with Gasteiger partial charge < -0.3 is 14.2 Å². The van der Waals surface area contributed by atoms with E-state index in [0.29, 0.717) is 30.4 Å². The van der Waals surface area contributed by atoms with Gasteiger partial charge in [-0.25, -0.2) is 13.2 Å². The molecule has 0 saturated carbocycles. The molecule has 3 rings (SSSR count). The highest BCUT2D eigenvalue weighted by atomic mass is 32.2. The minimum Gasteiger partial charge on any atom is -0.462 e. The fourth-order valence-corrected chi connectivity index (χ4v) is 5.57. The lowest BCUT2D eigenvalue weighted by Gasteiger charge is -2.30. The fraction of sp³-hybridized carbons (Fsp3) is 0.478. The first kappa shape index (κ1) is 23.8. The van der Waals surface area contributed by atoms with Gasteiger partial charge in [-0.1, -0.05) is 13.0 Å². The number of likely N-dealkylation sites (tertiary alicyclic amines) is 1. The maximum Gasteiger partial charge on any atom is 0.338 e. The number of nitrogens with one attached hydrogen (secondary N) is 1. The van der Waals surface area contributed by atoms with Crippen LogP contribution in [-0.2, 0) is 21.8 Å². The maximum absolute atomic E-state index is 13.4. The van der Waals surface area contributed by atoms with Crippen molar-refractivity contribution >= 4 is 27.6 Å². The normalized spacial score (nSPS) is 15.0. The molecule has 9 heteroatoms. The van der Waals surface area contributed by atoms with Gasteiger partial charge in [-0.2, -0.15) is 0 Å². The first-order valence-corrected chi connectivity index (χ1v) is 12.3. The van der Waals surface area contributed by atoms with Gasteiger partial charge in [0.1, 0.15) is 4.90 Å². The molecule has 1 amide bonds. The van der Waals surface area contributed by atoms with Crippen molar-refractivity contribution in [2.75, 3.05) is 24.4 Å². The summed E-state index contributed by atoms with van der Waals surface area (Å²) in [6.07, 6.45) is 1.80. The summed E-state index contributed by atoms with van der Waals surface area (Å²) in [5, 5.41) is 0. The summed E-state index contributed by atoms with van der Waals surface area (Å²) >= 11 is 0. The van der Waals surface area contributed by atoms with E-state index in [9.17, 15) is 18.0 Å². The molecular formula is C23H31N3O5S. The molecule has 32 heavy (non-hydrogen) atoms. The van der Waals surface area contributed by atoms with Gasteiger partial charge in [0.2, 0.25) is 0 Å². The monoisotopic (exact) mass is 461 g/mol. The minimum absolute atomic E-state index is 0.0253. The molecule has 0 spiro atoms. The van der Waals surface area contributed by atoms with Crippen molar-refractivity contribution in [2.45, 2.75) is 45.4 Å². The zero-order valence-electron chi connectivity index (χ0n) is 19.3. The van der Waals surface area contributed by atoms with Crippen molar-refractivity contribution in [1.82, 2.24) is 9.47 Å². The first-order chi connectivity index (χ1) is 15.1. The number of nitrogens with zero attached hydrogens (tertiary/aromatic N) is 2. The van der Waals surface area contributed by atoms with E-state index in [4.69, 9.17) is 4.74 Å². The smallest absolute Gasteiger partial charge is 0.338 e. The number of sulfonamides is 1. The Labute approximate surface area is 189 Å². The third-order valence-corrected chi connectivity index (χ3v) is 7.64. The van der Waals surface area contributed by atoms with Crippen LogP contribution in [0.3, 0.4) is 0 Å². The minimum atomic E-state index is -4.10. The van der Waals surface area contributed by atoms with Crippen LogP contribution in [0.2, 0.25) is 0 Å². The van der Waals surface area contributed by atoms with Crippen LogP contribution >= 0.6 is 0 Å². The highest BCUT2D eigenvalue weighted by molar-refractivity contribution is 7.92. The Morgan fingerprint density at radius 2 is 1.81 bits per heavy atom. The predicted molar refractivity (Wildman–Crippen MR) is 122 cm³/mol. The lowest BCUT2D eigenvalue weighted by Crippen LogP contribution is -2.38. The van der Waals surface area contributed by atoms with Crippen molar-refractivity contribution in [2.24, 2.45) is 13.0 Å². The van der Waals surface area contributed by atoms with Gasteiger partial charge >= 0.3 is 5.97 Å². The van der Waals surface area contributed by atoms with Gasteiger partial charge in [0.15, 0.2) is 0 Å². The molecule has 0 bridgehead atoms. The molecule has 0 radical (unpaired) electrons. The van der Waals surface area contributed by atoms with E-state index in [1.54, 1.807) is 55.5 Å². The Kier molecular flexibility index (Phi) is 6.97. The maximum atomic E-state index is 13.4. The molecule has 174 valence electrons. The molecule has 1 aliphatic heterocycles. The van der Waals surface area contributed by atoms with E-state index >= 15 is 0 Å². The Balaban J connectivity index is 1.98. The van der Waals surface area contributed by atoms with Gasteiger partial charge in [-0.3, -0.25) is 9.52 Å². The first-order valence-electron chi connectivity index (χ1n) is 10.8. The fourth-order valence-electron chi connectivity index (χ4n) is 4.00. The van der Waals surface area contributed by atoms with Crippen LogP contribution in [-0.4, -0.2) is 49.5 Å². The predicted octanol–water partition coefficient (Wildman–Crippen LogP) is 3.49. The summed E-state index contributed by atoms with van der Waals surface area (Å²) < 4.78 is 36.1. The number of anilines is 1. The number of aromatic nitrogens is 1. The summed E-state index contributed by atoms with van der Waals surface area (Å²) in [6, 6.07) is 6.11. The summed E-state index contributed by atoms with van der Waals surface area (Å²) in [6.45, 7) is 8.75. The van der Waals surface area contributed by atoms with E-state index in [-0.39, 0.29) is 34.2 Å². The van der Waals surface area contributed by atoms with Gasteiger partial charge in [-0.05, 0) is 57.7 Å². The third-order valence-electron chi connectivity index (χ3n) is 6.10. The van der Waals surface area contributed by atoms with Gasteiger partial charge in [0.05, 0.1) is 17.7 Å². The highest BCUT2D eigenvalue weighted by Crippen LogP contribution is 2.30. The number of carbonyl (C=O) groups is 2. The topological polar surface area (TPSA) is 97.7 Å². The SMILES string of the molecule is CCOC(=O)c1cccc(NS(=O)(=O)c2c(C(=O)N3CCC(C)CC3)c(C)n(C)c2C)c1. The van der Waals surface area contributed by atoms with E-state index in [1.165, 1.54) is 6.07 Å². The van der Waals surface area contributed by atoms with Crippen LogP contribution < -0.4 is 4.72 Å². The molecular weight excluding hydrogens is 430 g/mol. The molecule has 1 N–H and O–H groups in total. The average molecular weight is 462 g/mol. The van der Waals surface area contributed by atoms with E-state index in [2.05, 4.69) is 11.6 Å². The van der Waals surface area contributed by atoms with Crippen molar-refractivity contribution in [3.63, 3.8) is 0 Å². The summed E-state index contributed by atoms with van der Waals surface area (Å²) in [5.74, 6) is -0.247. The molecule has 0 unspecified atom stereocenters. The van der Waals surface area contributed by atoms with Crippen molar-refractivity contribution in [3.05, 3.63) is 46.8 Å².